The maximum absolute atomic E-state index is 12.6. The highest BCUT2D eigenvalue weighted by molar-refractivity contribution is 5.71. The molecule has 6 heteroatoms. The second-order valence-corrected chi connectivity index (χ2v) is 13.1. The number of ether oxygens (including phenoxy) is 3. The summed E-state index contributed by atoms with van der Waals surface area (Å²) in [7, 11) is 0. The number of hydrogen-bond donors (Lipinski definition) is 0. The van der Waals surface area contributed by atoms with E-state index in [2.05, 4.69) is 81.5 Å². The Kier molecular flexibility index (Phi) is 36.7. The normalized spacial score (nSPS) is 12.6. The van der Waals surface area contributed by atoms with Crippen molar-refractivity contribution in [1.29, 1.82) is 0 Å². The summed E-state index contributed by atoms with van der Waals surface area (Å²) in [6.07, 6.45) is 45.2. The molecule has 6 nitrogen and oxygen atoms in total. The molecular weight excluding hydrogens is 624 g/mol. The smallest absolute Gasteiger partial charge is 0.306 e. The van der Waals surface area contributed by atoms with Gasteiger partial charge in [-0.25, -0.2) is 0 Å². The molecule has 50 heavy (non-hydrogen) atoms. The Morgan fingerprint density at radius 2 is 0.780 bits per heavy atom. The third-order valence-corrected chi connectivity index (χ3v) is 8.24. The number of carbonyl (C=O) groups excluding carboxylic acids is 3. The zero-order valence-electron chi connectivity index (χ0n) is 32.4. The van der Waals surface area contributed by atoms with Crippen molar-refractivity contribution in [3.8, 4) is 0 Å². The number of hydrogen-bond acceptors (Lipinski definition) is 6. The molecule has 0 radical (unpaired) electrons. The van der Waals surface area contributed by atoms with Crippen molar-refractivity contribution in [3.63, 3.8) is 0 Å². The molecule has 0 aromatic heterocycles. The molecule has 0 aliphatic rings. The van der Waals surface area contributed by atoms with Crippen molar-refractivity contribution in [2.75, 3.05) is 13.2 Å². The summed E-state index contributed by atoms with van der Waals surface area (Å²) >= 11 is 0. The molecule has 1 unspecified atom stereocenters. The molecular formula is C44H74O6. The fraction of sp³-hybridized carbons (Fsp3) is 0.705. The van der Waals surface area contributed by atoms with E-state index in [1.807, 2.05) is 0 Å². The van der Waals surface area contributed by atoms with E-state index in [1.54, 1.807) is 0 Å². The Balaban J connectivity index is 4.43. The van der Waals surface area contributed by atoms with E-state index < -0.39 is 6.10 Å². The Labute approximate surface area is 307 Å². The van der Waals surface area contributed by atoms with Gasteiger partial charge in [0.25, 0.3) is 0 Å². The first kappa shape index (κ1) is 47.1. The molecule has 0 fully saturated rings. The molecule has 0 spiro atoms. The van der Waals surface area contributed by atoms with Gasteiger partial charge in [0, 0.05) is 19.3 Å². The van der Waals surface area contributed by atoms with Crippen molar-refractivity contribution < 1.29 is 28.6 Å². The molecule has 0 saturated carbocycles. The maximum Gasteiger partial charge on any atom is 0.306 e. The van der Waals surface area contributed by atoms with Crippen LogP contribution in [0, 0.1) is 0 Å². The number of unbranched alkanes of at least 4 members (excludes halogenated alkanes) is 14. The van der Waals surface area contributed by atoms with E-state index in [1.165, 1.54) is 44.9 Å². The minimum Gasteiger partial charge on any atom is -0.462 e. The predicted octanol–water partition coefficient (Wildman–Crippen LogP) is 12.6. The first-order valence-electron chi connectivity index (χ1n) is 20.3. The minimum absolute atomic E-state index is 0.107. The van der Waals surface area contributed by atoms with Crippen LogP contribution in [0.25, 0.3) is 0 Å². The van der Waals surface area contributed by atoms with Gasteiger partial charge in [-0.3, -0.25) is 14.4 Å². The molecule has 0 N–H and O–H groups in total. The van der Waals surface area contributed by atoms with Gasteiger partial charge in [0.15, 0.2) is 6.10 Å². The van der Waals surface area contributed by atoms with Gasteiger partial charge in [-0.15, -0.1) is 0 Å². The van der Waals surface area contributed by atoms with Crippen LogP contribution in [0.2, 0.25) is 0 Å². The highest BCUT2D eigenvalue weighted by Crippen LogP contribution is 2.11. The quantitative estimate of drug-likeness (QED) is 0.0284. The van der Waals surface area contributed by atoms with Crippen LogP contribution in [0.1, 0.15) is 181 Å². The molecule has 1 atom stereocenters. The molecule has 0 aliphatic carbocycles. The molecule has 0 rings (SSSR count). The lowest BCUT2D eigenvalue weighted by Crippen LogP contribution is -2.30. The van der Waals surface area contributed by atoms with Crippen molar-refractivity contribution in [3.05, 3.63) is 60.8 Å². The first-order chi connectivity index (χ1) is 24.5. The Hall–Kier alpha value is -2.89. The Bertz CT molecular complexity index is 944. The van der Waals surface area contributed by atoms with Crippen LogP contribution in [0.4, 0.5) is 0 Å². The van der Waals surface area contributed by atoms with Crippen molar-refractivity contribution in [1.82, 2.24) is 0 Å². The first-order valence-corrected chi connectivity index (χ1v) is 20.3. The van der Waals surface area contributed by atoms with Crippen LogP contribution in [-0.2, 0) is 28.6 Å². The van der Waals surface area contributed by atoms with E-state index >= 15 is 0 Å². The summed E-state index contributed by atoms with van der Waals surface area (Å²) in [4.78, 5) is 37.4. The Morgan fingerprint density at radius 1 is 0.420 bits per heavy atom. The topological polar surface area (TPSA) is 78.9 Å². The zero-order valence-corrected chi connectivity index (χ0v) is 32.4. The van der Waals surface area contributed by atoms with E-state index in [0.29, 0.717) is 19.3 Å². The standard InChI is InChI=1S/C44H74O6/c1-4-7-10-13-16-19-20-21-22-23-26-28-31-34-37-43(46)49-40-41(50-44(47)38-35-32-29-25-18-15-12-9-6-3)39-48-42(45)36-33-30-27-24-17-14-11-8-5-2/h8-9,11-12,17-18,22-25,41H,4-7,10,13-16,19-21,26-40H2,1-3H3/b11-8-,12-9-,23-22-,24-17-,25-18-. The van der Waals surface area contributed by atoms with E-state index in [-0.39, 0.29) is 37.5 Å². The number of carbonyl (C=O) groups is 3. The third kappa shape index (κ3) is 36.4. The van der Waals surface area contributed by atoms with Crippen LogP contribution in [0.3, 0.4) is 0 Å². The van der Waals surface area contributed by atoms with Crippen LogP contribution in [0.5, 0.6) is 0 Å². The van der Waals surface area contributed by atoms with Gasteiger partial charge in [-0.2, -0.15) is 0 Å². The van der Waals surface area contributed by atoms with Gasteiger partial charge < -0.3 is 14.2 Å². The molecule has 286 valence electrons. The van der Waals surface area contributed by atoms with E-state index in [0.717, 1.165) is 89.9 Å². The van der Waals surface area contributed by atoms with E-state index in [4.69, 9.17) is 14.2 Å². The Morgan fingerprint density at radius 3 is 1.26 bits per heavy atom. The summed E-state index contributed by atoms with van der Waals surface area (Å²) in [6.45, 7) is 6.27. The van der Waals surface area contributed by atoms with Gasteiger partial charge in [0.1, 0.15) is 13.2 Å². The molecule has 0 aromatic rings. The monoisotopic (exact) mass is 699 g/mol. The number of rotatable bonds is 35. The predicted molar refractivity (Wildman–Crippen MR) is 210 cm³/mol. The SMILES string of the molecule is CC/C=C\C/C=C\CCCCC(=O)OCC(COC(=O)CCCCC/C=C\CCCCCCCCC)OC(=O)CCCC/C=C\C/C=C\CC. The van der Waals surface area contributed by atoms with Crippen LogP contribution >= 0.6 is 0 Å². The van der Waals surface area contributed by atoms with Crippen molar-refractivity contribution in [2.45, 2.75) is 187 Å². The highest BCUT2D eigenvalue weighted by atomic mass is 16.6. The molecule has 0 heterocycles. The fourth-order valence-corrected chi connectivity index (χ4v) is 5.21. The lowest BCUT2D eigenvalue weighted by atomic mass is 10.1. The average Bonchev–Trinajstić information content (AvgIpc) is 3.11. The number of esters is 3. The summed E-state index contributed by atoms with van der Waals surface area (Å²) in [5, 5.41) is 0. The van der Waals surface area contributed by atoms with E-state index in [9.17, 15) is 14.4 Å². The lowest BCUT2D eigenvalue weighted by Gasteiger charge is -2.18. The molecule has 0 amide bonds. The van der Waals surface area contributed by atoms with Crippen LogP contribution in [0.15, 0.2) is 60.8 Å². The van der Waals surface area contributed by atoms with Crippen LogP contribution < -0.4 is 0 Å². The van der Waals surface area contributed by atoms with Gasteiger partial charge in [-0.1, -0.05) is 126 Å². The summed E-state index contributed by atoms with van der Waals surface area (Å²) in [5.41, 5.74) is 0. The highest BCUT2D eigenvalue weighted by Gasteiger charge is 2.19. The molecule has 0 aromatic carbocycles. The maximum atomic E-state index is 12.6. The minimum atomic E-state index is -0.804. The molecule has 0 bridgehead atoms. The molecule has 0 saturated heterocycles. The summed E-state index contributed by atoms with van der Waals surface area (Å²) < 4.78 is 16.5. The average molecular weight is 699 g/mol. The second kappa shape index (κ2) is 38.9. The van der Waals surface area contributed by atoms with Crippen LogP contribution in [-0.4, -0.2) is 37.2 Å². The fourth-order valence-electron chi connectivity index (χ4n) is 5.21. The summed E-state index contributed by atoms with van der Waals surface area (Å²) in [6, 6.07) is 0. The van der Waals surface area contributed by atoms with Gasteiger partial charge in [0.05, 0.1) is 0 Å². The van der Waals surface area contributed by atoms with Gasteiger partial charge in [-0.05, 0) is 96.3 Å². The second-order valence-electron chi connectivity index (χ2n) is 13.1. The number of allylic oxidation sites excluding steroid dienone is 10. The van der Waals surface area contributed by atoms with Crippen molar-refractivity contribution in [2.24, 2.45) is 0 Å². The zero-order chi connectivity index (χ0) is 36.6. The third-order valence-electron chi connectivity index (χ3n) is 8.24. The van der Waals surface area contributed by atoms with Crippen molar-refractivity contribution >= 4 is 17.9 Å². The lowest BCUT2D eigenvalue weighted by molar-refractivity contribution is -0.167. The summed E-state index contributed by atoms with van der Waals surface area (Å²) in [5.74, 6) is -1.01. The molecule has 0 aliphatic heterocycles. The van der Waals surface area contributed by atoms with Gasteiger partial charge in [0.2, 0.25) is 0 Å². The largest absolute Gasteiger partial charge is 0.462 e. The van der Waals surface area contributed by atoms with Gasteiger partial charge >= 0.3 is 17.9 Å².